The van der Waals surface area contributed by atoms with Crippen LogP contribution in [0.5, 0.6) is 0 Å². The monoisotopic (exact) mass is 342 g/mol. The zero-order valence-electron chi connectivity index (χ0n) is 14.3. The number of piperazine rings is 1. The first kappa shape index (κ1) is 17.2. The van der Waals surface area contributed by atoms with Gasteiger partial charge in [-0.2, -0.15) is 0 Å². The number of hydrogen-bond acceptors (Lipinski definition) is 6. The molecule has 1 aliphatic rings. The van der Waals surface area contributed by atoms with Crippen LogP contribution < -0.4 is 10.6 Å². The summed E-state index contributed by atoms with van der Waals surface area (Å²) in [6, 6.07) is 7.57. The van der Waals surface area contributed by atoms with E-state index in [1.54, 1.807) is 11.8 Å². The Kier molecular flexibility index (Phi) is 5.14. The second-order valence-electron chi connectivity index (χ2n) is 6.05. The van der Waals surface area contributed by atoms with Gasteiger partial charge in [-0.3, -0.25) is 9.59 Å². The van der Waals surface area contributed by atoms with Crippen LogP contribution in [0, 0.1) is 0 Å². The number of aromatic nitrogens is 1. The zero-order chi connectivity index (χ0) is 17.8. The summed E-state index contributed by atoms with van der Waals surface area (Å²) in [6.07, 6.45) is 1.93. The maximum Gasteiger partial charge on any atom is 0.275 e. The van der Waals surface area contributed by atoms with E-state index in [0.717, 1.165) is 18.8 Å². The molecule has 25 heavy (non-hydrogen) atoms. The lowest BCUT2D eigenvalue weighted by molar-refractivity contribution is 0.0740. The van der Waals surface area contributed by atoms with E-state index in [2.05, 4.69) is 9.88 Å². The number of carbonyl (C=O) groups excluding carboxylic acids is 2. The lowest BCUT2D eigenvalue weighted by Crippen LogP contribution is -2.48. The quantitative estimate of drug-likeness (QED) is 0.824. The topological polar surface area (TPSA) is 92.7 Å². The van der Waals surface area contributed by atoms with E-state index >= 15 is 0 Å². The molecule has 1 fully saturated rings. The third-order valence-electron chi connectivity index (χ3n) is 4.33. The number of amides is 1. The molecule has 2 N–H and O–H groups in total. The van der Waals surface area contributed by atoms with Gasteiger partial charge in [-0.15, -0.1) is 0 Å². The van der Waals surface area contributed by atoms with E-state index in [9.17, 15) is 9.59 Å². The second kappa shape index (κ2) is 7.48. The predicted molar refractivity (Wildman–Crippen MR) is 93.8 cm³/mol. The first-order chi connectivity index (χ1) is 12.1. The number of nitrogens with two attached hydrogens (primary N) is 1. The van der Waals surface area contributed by atoms with Gasteiger partial charge in [0.2, 0.25) is 0 Å². The molecule has 2 heterocycles. The Morgan fingerprint density at radius 1 is 1.16 bits per heavy atom. The molecule has 0 unspecified atom stereocenters. The van der Waals surface area contributed by atoms with Crippen LogP contribution in [0.25, 0.3) is 0 Å². The number of Topliss-reactive ketones (excluding diaryl/α,β-unsaturated/α-hetero) is 1. The van der Waals surface area contributed by atoms with Crippen molar-refractivity contribution >= 4 is 17.4 Å². The minimum atomic E-state index is -0.112. The van der Waals surface area contributed by atoms with Crippen LogP contribution in [0.3, 0.4) is 0 Å². The van der Waals surface area contributed by atoms with Crippen molar-refractivity contribution in [1.29, 1.82) is 0 Å². The molecular weight excluding hydrogens is 320 g/mol. The molecule has 7 nitrogen and oxygen atoms in total. The lowest BCUT2D eigenvalue weighted by Gasteiger charge is -2.35. The maximum absolute atomic E-state index is 12.5. The van der Waals surface area contributed by atoms with Crippen molar-refractivity contribution < 1.29 is 14.0 Å². The Balaban J connectivity index is 1.59. The van der Waals surface area contributed by atoms with Gasteiger partial charge >= 0.3 is 0 Å². The molecular formula is C18H22N4O3. The third kappa shape index (κ3) is 3.88. The summed E-state index contributed by atoms with van der Waals surface area (Å²) in [5.74, 6) is 0.442. The first-order valence-electron chi connectivity index (χ1n) is 8.38. The minimum Gasteiger partial charge on any atom is -0.448 e. The van der Waals surface area contributed by atoms with E-state index in [-0.39, 0.29) is 11.7 Å². The molecule has 0 atom stereocenters. The number of anilines is 1. The Labute approximate surface area is 146 Å². The molecule has 1 saturated heterocycles. The van der Waals surface area contributed by atoms with E-state index in [0.29, 0.717) is 43.2 Å². The Hall–Kier alpha value is -2.67. The van der Waals surface area contributed by atoms with Crippen LogP contribution in [0.4, 0.5) is 5.69 Å². The fourth-order valence-electron chi connectivity index (χ4n) is 2.88. The lowest BCUT2D eigenvalue weighted by atomic mass is 10.1. The Morgan fingerprint density at radius 2 is 1.84 bits per heavy atom. The van der Waals surface area contributed by atoms with Crippen molar-refractivity contribution in [2.24, 2.45) is 5.73 Å². The number of ketones is 1. The predicted octanol–water partition coefficient (Wildman–Crippen LogP) is 1.34. The first-order valence-corrected chi connectivity index (χ1v) is 8.38. The standard InChI is InChI=1S/C18H22N4O3/c1-13(23)14-2-4-15(5-3-14)21-8-10-22(11-9-21)18(24)16-12-25-17(20-16)6-7-19/h2-5,12H,6-11,19H2,1H3. The SMILES string of the molecule is CC(=O)c1ccc(N2CCN(C(=O)c3coc(CCN)n3)CC2)cc1. The number of benzene rings is 1. The van der Waals surface area contributed by atoms with Crippen LogP contribution in [0.15, 0.2) is 34.9 Å². The average Bonchev–Trinajstić information content (AvgIpc) is 3.10. The molecule has 2 aromatic rings. The smallest absolute Gasteiger partial charge is 0.275 e. The normalized spacial score (nSPS) is 14.6. The molecule has 3 rings (SSSR count). The van der Waals surface area contributed by atoms with E-state index < -0.39 is 0 Å². The Bertz CT molecular complexity index is 746. The van der Waals surface area contributed by atoms with Gasteiger partial charge in [-0.05, 0) is 31.2 Å². The van der Waals surface area contributed by atoms with Crippen molar-refractivity contribution in [1.82, 2.24) is 9.88 Å². The molecule has 0 saturated carbocycles. The van der Waals surface area contributed by atoms with Gasteiger partial charge in [0.25, 0.3) is 5.91 Å². The van der Waals surface area contributed by atoms with Crippen molar-refractivity contribution in [2.75, 3.05) is 37.6 Å². The van der Waals surface area contributed by atoms with Crippen molar-refractivity contribution in [3.05, 3.63) is 47.7 Å². The zero-order valence-corrected chi connectivity index (χ0v) is 14.3. The molecule has 1 aromatic heterocycles. The summed E-state index contributed by atoms with van der Waals surface area (Å²) in [4.78, 5) is 32.0. The second-order valence-corrected chi connectivity index (χ2v) is 6.05. The number of oxazole rings is 1. The van der Waals surface area contributed by atoms with E-state index in [4.69, 9.17) is 10.2 Å². The van der Waals surface area contributed by atoms with Crippen molar-refractivity contribution in [3.63, 3.8) is 0 Å². The number of hydrogen-bond donors (Lipinski definition) is 1. The van der Waals surface area contributed by atoms with Gasteiger partial charge in [0.1, 0.15) is 6.26 Å². The summed E-state index contributed by atoms with van der Waals surface area (Å²) in [6.45, 7) is 4.70. The fraction of sp³-hybridized carbons (Fsp3) is 0.389. The largest absolute Gasteiger partial charge is 0.448 e. The van der Waals surface area contributed by atoms with Gasteiger partial charge in [0, 0.05) is 50.4 Å². The van der Waals surface area contributed by atoms with Crippen LogP contribution in [-0.2, 0) is 6.42 Å². The van der Waals surface area contributed by atoms with Crippen LogP contribution in [-0.4, -0.2) is 54.3 Å². The Morgan fingerprint density at radius 3 is 2.44 bits per heavy atom. The molecule has 0 bridgehead atoms. The van der Waals surface area contributed by atoms with Crippen LogP contribution in [0.2, 0.25) is 0 Å². The highest BCUT2D eigenvalue weighted by Gasteiger charge is 2.24. The molecule has 1 aromatic carbocycles. The summed E-state index contributed by atoms with van der Waals surface area (Å²) in [5, 5.41) is 0. The van der Waals surface area contributed by atoms with Crippen LogP contribution >= 0.6 is 0 Å². The van der Waals surface area contributed by atoms with Gasteiger partial charge in [-0.1, -0.05) is 0 Å². The molecule has 0 radical (unpaired) electrons. The third-order valence-corrected chi connectivity index (χ3v) is 4.33. The van der Waals surface area contributed by atoms with E-state index in [1.807, 2.05) is 24.3 Å². The number of carbonyl (C=O) groups is 2. The number of rotatable bonds is 5. The highest BCUT2D eigenvalue weighted by Crippen LogP contribution is 2.18. The maximum atomic E-state index is 12.5. The fourth-order valence-corrected chi connectivity index (χ4v) is 2.88. The van der Waals surface area contributed by atoms with Gasteiger partial charge in [-0.25, -0.2) is 4.98 Å². The number of nitrogens with zero attached hydrogens (tertiary/aromatic N) is 3. The summed E-state index contributed by atoms with van der Waals surface area (Å²) in [7, 11) is 0. The average molecular weight is 342 g/mol. The molecule has 7 heteroatoms. The van der Waals surface area contributed by atoms with E-state index in [1.165, 1.54) is 6.26 Å². The highest BCUT2D eigenvalue weighted by atomic mass is 16.3. The molecule has 132 valence electrons. The highest BCUT2D eigenvalue weighted by molar-refractivity contribution is 5.94. The van der Waals surface area contributed by atoms with Crippen molar-refractivity contribution in [2.45, 2.75) is 13.3 Å². The molecule has 0 aliphatic carbocycles. The van der Waals surface area contributed by atoms with Gasteiger partial charge in [0.05, 0.1) is 0 Å². The minimum absolute atomic E-state index is 0.0589. The van der Waals surface area contributed by atoms with Gasteiger partial charge in [0.15, 0.2) is 17.4 Å². The summed E-state index contributed by atoms with van der Waals surface area (Å²) < 4.78 is 5.26. The summed E-state index contributed by atoms with van der Waals surface area (Å²) >= 11 is 0. The van der Waals surface area contributed by atoms with Crippen LogP contribution in [0.1, 0.15) is 33.7 Å². The summed E-state index contributed by atoms with van der Waals surface area (Å²) in [5.41, 5.74) is 7.57. The van der Waals surface area contributed by atoms with Gasteiger partial charge < -0.3 is 20.0 Å². The molecule has 0 spiro atoms. The van der Waals surface area contributed by atoms with Crippen molar-refractivity contribution in [3.8, 4) is 0 Å². The molecule has 1 aliphatic heterocycles. The molecule has 1 amide bonds.